The number of rotatable bonds is 4. The molecule has 0 saturated carbocycles. The molecule has 3 rings (SSSR count). The largest absolute Gasteiger partial charge is 0.586 e. The summed E-state index contributed by atoms with van der Waals surface area (Å²) >= 11 is 0. The molecule has 0 fully saturated rings. The van der Waals surface area contributed by atoms with Crippen molar-refractivity contribution in [2.75, 3.05) is 11.9 Å². The van der Waals surface area contributed by atoms with E-state index in [0.29, 0.717) is 0 Å². The predicted octanol–water partition coefficient (Wildman–Crippen LogP) is 3.08. The summed E-state index contributed by atoms with van der Waals surface area (Å²) in [5.74, 6) is -4.99. The van der Waals surface area contributed by atoms with E-state index in [1.165, 1.54) is 6.07 Å². The van der Waals surface area contributed by atoms with Gasteiger partial charge in [-0.05, 0) is 24.3 Å². The van der Waals surface area contributed by atoms with Crippen molar-refractivity contribution in [3.63, 3.8) is 0 Å². The van der Waals surface area contributed by atoms with Gasteiger partial charge in [0.15, 0.2) is 18.1 Å². The van der Waals surface area contributed by atoms with Gasteiger partial charge in [-0.1, -0.05) is 6.07 Å². The molecule has 1 aliphatic heterocycles. The summed E-state index contributed by atoms with van der Waals surface area (Å²) in [4.78, 5) is 23.4. The Morgan fingerprint density at radius 2 is 1.69 bits per heavy atom. The number of hydrogen-bond acceptors (Lipinski definition) is 5. The minimum absolute atomic E-state index is 0.0585. The number of anilines is 1. The molecule has 1 heterocycles. The lowest BCUT2D eigenvalue weighted by Gasteiger charge is -2.08. The van der Waals surface area contributed by atoms with Gasteiger partial charge in [0, 0.05) is 11.8 Å². The van der Waals surface area contributed by atoms with Crippen LogP contribution in [0.1, 0.15) is 10.4 Å². The van der Waals surface area contributed by atoms with E-state index in [9.17, 15) is 27.2 Å². The first kappa shape index (κ1) is 17.5. The Morgan fingerprint density at radius 1 is 1.04 bits per heavy atom. The van der Waals surface area contributed by atoms with E-state index in [2.05, 4.69) is 19.5 Å². The third-order valence-electron chi connectivity index (χ3n) is 3.19. The Hall–Kier alpha value is -3.30. The van der Waals surface area contributed by atoms with E-state index in [4.69, 9.17) is 0 Å². The fraction of sp³-hybridized carbons (Fsp3) is 0.125. The standard InChI is InChI=1S/C16H9F4NO5/c17-9-2-1-3-10(18)14(9)15(23)24-7-13(22)21-8-4-5-11-12(6-8)26-16(19,20)25-11/h1-6H,7H2,(H,21,22). The maximum absolute atomic E-state index is 13.4. The molecule has 6 nitrogen and oxygen atoms in total. The van der Waals surface area contributed by atoms with Crippen LogP contribution >= 0.6 is 0 Å². The van der Waals surface area contributed by atoms with E-state index >= 15 is 0 Å². The molecule has 2 aromatic rings. The molecular weight excluding hydrogens is 362 g/mol. The van der Waals surface area contributed by atoms with Crippen molar-refractivity contribution in [1.82, 2.24) is 0 Å². The highest BCUT2D eigenvalue weighted by Crippen LogP contribution is 2.42. The first-order valence-electron chi connectivity index (χ1n) is 7.06. The molecule has 0 spiro atoms. The van der Waals surface area contributed by atoms with E-state index in [0.717, 1.165) is 30.3 Å². The second kappa shape index (κ2) is 6.54. The monoisotopic (exact) mass is 371 g/mol. The van der Waals surface area contributed by atoms with Crippen LogP contribution in [0.3, 0.4) is 0 Å². The molecule has 0 aliphatic carbocycles. The van der Waals surface area contributed by atoms with Crippen molar-refractivity contribution >= 4 is 17.6 Å². The number of esters is 1. The second-order valence-corrected chi connectivity index (χ2v) is 5.05. The maximum atomic E-state index is 13.4. The number of alkyl halides is 2. The fourth-order valence-electron chi connectivity index (χ4n) is 2.12. The first-order valence-corrected chi connectivity index (χ1v) is 7.06. The number of halogens is 4. The van der Waals surface area contributed by atoms with Gasteiger partial charge >= 0.3 is 12.3 Å². The van der Waals surface area contributed by atoms with Crippen LogP contribution in [0, 0.1) is 11.6 Å². The number of fused-ring (bicyclic) bond motifs is 1. The summed E-state index contributed by atoms with van der Waals surface area (Å²) in [6.07, 6.45) is -3.80. The van der Waals surface area contributed by atoms with Crippen LogP contribution in [0.4, 0.5) is 23.2 Å². The van der Waals surface area contributed by atoms with Crippen LogP contribution in [0.15, 0.2) is 36.4 Å². The molecule has 10 heteroatoms. The zero-order valence-electron chi connectivity index (χ0n) is 12.7. The minimum atomic E-state index is -3.80. The SMILES string of the molecule is O=C(COC(=O)c1c(F)cccc1F)Nc1ccc2c(c1)OC(F)(F)O2. The summed E-state index contributed by atoms with van der Waals surface area (Å²) < 4.78 is 65.7. The molecule has 0 aromatic heterocycles. The highest BCUT2D eigenvalue weighted by Gasteiger charge is 2.43. The van der Waals surface area contributed by atoms with Gasteiger partial charge < -0.3 is 19.5 Å². The Bertz CT molecular complexity index is 867. The molecule has 0 unspecified atom stereocenters. The van der Waals surface area contributed by atoms with Crippen LogP contribution in [0.5, 0.6) is 11.5 Å². The summed E-state index contributed by atoms with van der Waals surface area (Å²) in [5.41, 5.74) is -0.867. The van der Waals surface area contributed by atoms with Crippen LogP contribution in [0.2, 0.25) is 0 Å². The van der Waals surface area contributed by atoms with Crippen molar-refractivity contribution < 1.29 is 41.4 Å². The van der Waals surface area contributed by atoms with E-state index < -0.39 is 42.0 Å². The van der Waals surface area contributed by atoms with Crippen LogP contribution in [0.25, 0.3) is 0 Å². The molecule has 1 amide bonds. The molecule has 0 saturated heterocycles. The summed E-state index contributed by atoms with van der Waals surface area (Å²) in [6.45, 7) is -0.850. The number of nitrogens with one attached hydrogen (secondary N) is 1. The predicted molar refractivity (Wildman–Crippen MR) is 77.9 cm³/mol. The molecular formula is C16H9F4NO5. The van der Waals surface area contributed by atoms with Gasteiger partial charge in [-0.25, -0.2) is 13.6 Å². The average Bonchev–Trinajstić information content (AvgIpc) is 2.86. The maximum Gasteiger partial charge on any atom is 0.586 e. The zero-order chi connectivity index (χ0) is 18.9. The van der Waals surface area contributed by atoms with E-state index in [1.54, 1.807) is 0 Å². The smallest absolute Gasteiger partial charge is 0.452 e. The van der Waals surface area contributed by atoms with Gasteiger partial charge in [-0.15, -0.1) is 8.78 Å². The molecule has 0 radical (unpaired) electrons. The molecule has 2 aromatic carbocycles. The highest BCUT2D eigenvalue weighted by molar-refractivity contribution is 5.95. The first-order chi connectivity index (χ1) is 12.2. The Balaban J connectivity index is 1.59. The molecule has 0 atom stereocenters. The zero-order valence-corrected chi connectivity index (χ0v) is 12.7. The molecule has 1 aliphatic rings. The summed E-state index contributed by atoms with van der Waals surface area (Å²) in [5, 5.41) is 2.25. The van der Waals surface area contributed by atoms with Gasteiger partial charge in [0.05, 0.1) is 0 Å². The van der Waals surface area contributed by atoms with E-state index in [-0.39, 0.29) is 17.2 Å². The van der Waals surface area contributed by atoms with E-state index in [1.807, 2.05) is 0 Å². The number of benzene rings is 2. The Morgan fingerprint density at radius 3 is 2.38 bits per heavy atom. The fourth-order valence-corrected chi connectivity index (χ4v) is 2.12. The van der Waals surface area contributed by atoms with Gasteiger partial charge in [0.25, 0.3) is 5.91 Å². The lowest BCUT2D eigenvalue weighted by atomic mass is 10.2. The number of hydrogen-bond donors (Lipinski definition) is 1. The van der Waals surface area contributed by atoms with Gasteiger partial charge in [-0.3, -0.25) is 4.79 Å². The second-order valence-electron chi connectivity index (χ2n) is 5.05. The van der Waals surface area contributed by atoms with Gasteiger partial charge in [0.2, 0.25) is 0 Å². The Kier molecular flexibility index (Phi) is 4.41. The van der Waals surface area contributed by atoms with Crippen LogP contribution in [-0.2, 0) is 9.53 Å². The lowest BCUT2D eigenvalue weighted by Crippen LogP contribution is -2.25. The normalized spacial score (nSPS) is 14.0. The number of amides is 1. The van der Waals surface area contributed by atoms with Crippen molar-refractivity contribution in [3.8, 4) is 11.5 Å². The topological polar surface area (TPSA) is 73.9 Å². The molecule has 26 heavy (non-hydrogen) atoms. The lowest BCUT2D eigenvalue weighted by molar-refractivity contribution is -0.286. The third-order valence-corrected chi connectivity index (χ3v) is 3.19. The van der Waals surface area contributed by atoms with Crippen LogP contribution < -0.4 is 14.8 Å². The summed E-state index contributed by atoms with van der Waals surface area (Å²) in [7, 11) is 0. The number of carbonyl (C=O) groups excluding carboxylic acids is 2. The third kappa shape index (κ3) is 3.68. The minimum Gasteiger partial charge on any atom is -0.452 e. The number of carbonyl (C=O) groups is 2. The molecule has 136 valence electrons. The van der Waals surface area contributed by atoms with Gasteiger partial charge in [0.1, 0.15) is 17.2 Å². The number of ether oxygens (including phenoxy) is 3. The summed E-state index contributed by atoms with van der Waals surface area (Å²) in [6, 6.07) is 6.26. The quantitative estimate of drug-likeness (QED) is 0.661. The highest BCUT2D eigenvalue weighted by atomic mass is 19.3. The molecule has 0 bridgehead atoms. The van der Waals surface area contributed by atoms with Crippen molar-refractivity contribution in [1.29, 1.82) is 0 Å². The average molecular weight is 371 g/mol. The van der Waals surface area contributed by atoms with Crippen molar-refractivity contribution in [2.24, 2.45) is 0 Å². The van der Waals surface area contributed by atoms with Crippen LogP contribution in [-0.4, -0.2) is 24.8 Å². The molecule has 1 N–H and O–H groups in total. The van der Waals surface area contributed by atoms with Crippen molar-refractivity contribution in [2.45, 2.75) is 6.29 Å². The van der Waals surface area contributed by atoms with Gasteiger partial charge in [-0.2, -0.15) is 0 Å². The van der Waals surface area contributed by atoms with Crippen molar-refractivity contribution in [3.05, 3.63) is 53.6 Å². The Labute approximate surface area is 143 Å².